The molecule has 1 aromatic rings. The molecule has 0 radical (unpaired) electrons. The Labute approximate surface area is 108 Å². The van der Waals surface area contributed by atoms with Crippen LogP contribution in [0.2, 0.25) is 0 Å². The summed E-state index contributed by atoms with van der Waals surface area (Å²) in [5, 5.41) is 4.37. The molecule has 0 aliphatic rings. The number of nitrogens with zero attached hydrogens (tertiary/aromatic N) is 1. The smallest absolute Gasteiger partial charge is 0.257 e. The summed E-state index contributed by atoms with van der Waals surface area (Å²) in [4.78, 5) is 2.50. The van der Waals surface area contributed by atoms with E-state index in [0.29, 0.717) is 12.3 Å². The molecule has 6 nitrogen and oxygen atoms in total. The van der Waals surface area contributed by atoms with E-state index >= 15 is 0 Å². The number of methoxy groups -OCH3 is 1. The Morgan fingerprint density at radius 2 is 2.00 bits per heavy atom. The average Bonchev–Trinajstić information content (AvgIpc) is 2.27. The van der Waals surface area contributed by atoms with Gasteiger partial charge >= 0.3 is 0 Å². The van der Waals surface area contributed by atoms with Crippen LogP contribution in [0.1, 0.15) is 5.56 Å². The van der Waals surface area contributed by atoms with Crippen molar-refractivity contribution >= 4 is 10.0 Å². The Kier molecular flexibility index (Phi) is 5.09. The van der Waals surface area contributed by atoms with E-state index in [1.165, 1.54) is 18.2 Å². The molecule has 0 bridgehead atoms. The SMILES string of the molecule is CNCc1ccc(S(=O)(=O)NN(C)C)c(OC)c1. The van der Waals surface area contributed by atoms with Gasteiger partial charge in [-0.3, -0.25) is 0 Å². The lowest BCUT2D eigenvalue weighted by molar-refractivity contribution is 0.360. The number of ether oxygens (including phenoxy) is 1. The third kappa shape index (κ3) is 3.67. The number of rotatable bonds is 6. The first-order chi connectivity index (χ1) is 8.40. The maximum atomic E-state index is 12.0. The molecule has 7 heteroatoms. The molecular weight excluding hydrogens is 254 g/mol. The van der Waals surface area contributed by atoms with Gasteiger partial charge < -0.3 is 10.1 Å². The van der Waals surface area contributed by atoms with Crippen molar-refractivity contribution in [1.82, 2.24) is 15.2 Å². The highest BCUT2D eigenvalue weighted by atomic mass is 32.2. The zero-order chi connectivity index (χ0) is 13.8. The molecule has 1 aromatic carbocycles. The third-order valence-corrected chi connectivity index (χ3v) is 3.72. The normalized spacial score (nSPS) is 11.8. The standard InChI is InChI=1S/C11H19N3O3S/c1-12-8-9-5-6-11(10(7-9)17-4)18(15,16)13-14(2)3/h5-7,12-13H,8H2,1-4H3. The summed E-state index contributed by atoms with van der Waals surface area (Å²) in [5.74, 6) is 0.331. The third-order valence-electron chi connectivity index (χ3n) is 2.20. The lowest BCUT2D eigenvalue weighted by Crippen LogP contribution is -2.36. The van der Waals surface area contributed by atoms with Gasteiger partial charge in [-0.15, -0.1) is 4.83 Å². The monoisotopic (exact) mass is 273 g/mol. The molecule has 0 aliphatic heterocycles. The Morgan fingerprint density at radius 3 is 2.50 bits per heavy atom. The molecule has 0 fully saturated rings. The van der Waals surface area contributed by atoms with Gasteiger partial charge in [-0.05, 0) is 24.7 Å². The molecule has 0 saturated carbocycles. The van der Waals surface area contributed by atoms with Gasteiger partial charge in [0.15, 0.2) is 0 Å². The largest absolute Gasteiger partial charge is 0.495 e. The van der Waals surface area contributed by atoms with E-state index in [9.17, 15) is 8.42 Å². The van der Waals surface area contributed by atoms with E-state index in [2.05, 4.69) is 10.1 Å². The average molecular weight is 273 g/mol. The first kappa shape index (κ1) is 14.9. The van der Waals surface area contributed by atoms with Crippen LogP contribution in [0.15, 0.2) is 23.1 Å². The second-order valence-electron chi connectivity index (χ2n) is 4.00. The fourth-order valence-electron chi connectivity index (χ4n) is 1.54. The van der Waals surface area contributed by atoms with Crippen LogP contribution in [0.5, 0.6) is 5.75 Å². The highest BCUT2D eigenvalue weighted by molar-refractivity contribution is 7.89. The lowest BCUT2D eigenvalue weighted by Gasteiger charge is -2.15. The van der Waals surface area contributed by atoms with Crippen LogP contribution < -0.4 is 14.9 Å². The maximum Gasteiger partial charge on any atom is 0.257 e. The molecule has 0 aromatic heterocycles. The van der Waals surface area contributed by atoms with Crippen LogP contribution in [0.3, 0.4) is 0 Å². The van der Waals surface area contributed by atoms with Gasteiger partial charge in [-0.25, -0.2) is 13.4 Å². The molecule has 0 amide bonds. The van der Waals surface area contributed by atoms with E-state index < -0.39 is 10.0 Å². The summed E-state index contributed by atoms with van der Waals surface area (Å²) in [5.41, 5.74) is 0.957. The molecule has 0 saturated heterocycles. The van der Waals surface area contributed by atoms with Gasteiger partial charge in [0.25, 0.3) is 10.0 Å². The van der Waals surface area contributed by atoms with E-state index in [1.807, 2.05) is 7.05 Å². The van der Waals surface area contributed by atoms with Crippen LogP contribution in [-0.2, 0) is 16.6 Å². The fourth-order valence-corrected chi connectivity index (χ4v) is 2.77. The number of sulfonamides is 1. The molecule has 2 N–H and O–H groups in total. The van der Waals surface area contributed by atoms with Gasteiger partial charge in [-0.1, -0.05) is 6.07 Å². The van der Waals surface area contributed by atoms with Crippen molar-refractivity contribution in [2.75, 3.05) is 28.3 Å². The predicted octanol–water partition coefficient (Wildman–Crippen LogP) is 0.170. The summed E-state index contributed by atoms with van der Waals surface area (Å²) in [6.07, 6.45) is 0. The molecule has 1 rings (SSSR count). The highest BCUT2D eigenvalue weighted by Crippen LogP contribution is 2.24. The molecule has 18 heavy (non-hydrogen) atoms. The fraction of sp³-hybridized carbons (Fsp3) is 0.455. The second-order valence-corrected chi connectivity index (χ2v) is 5.63. The minimum absolute atomic E-state index is 0.124. The first-order valence-electron chi connectivity index (χ1n) is 5.42. The zero-order valence-corrected chi connectivity index (χ0v) is 11.8. The van der Waals surface area contributed by atoms with Crippen LogP contribution in [0, 0.1) is 0 Å². The summed E-state index contributed by atoms with van der Waals surface area (Å²) >= 11 is 0. The van der Waals surface area contributed by atoms with Gasteiger partial charge in [0.1, 0.15) is 10.6 Å². The molecule has 0 spiro atoms. The number of hydrogen-bond acceptors (Lipinski definition) is 5. The van der Waals surface area contributed by atoms with Crippen LogP contribution in [-0.4, -0.2) is 41.7 Å². The van der Waals surface area contributed by atoms with Crippen molar-refractivity contribution in [3.63, 3.8) is 0 Å². The first-order valence-corrected chi connectivity index (χ1v) is 6.90. The van der Waals surface area contributed by atoms with E-state index in [1.54, 1.807) is 26.2 Å². The van der Waals surface area contributed by atoms with Crippen molar-refractivity contribution in [2.45, 2.75) is 11.4 Å². The molecule has 0 unspecified atom stereocenters. The van der Waals surface area contributed by atoms with E-state index in [-0.39, 0.29) is 4.90 Å². The number of hydrazine groups is 1. The number of hydrogen-bond donors (Lipinski definition) is 2. The lowest BCUT2D eigenvalue weighted by atomic mass is 10.2. The van der Waals surface area contributed by atoms with Crippen molar-refractivity contribution < 1.29 is 13.2 Å². The Balaban J connectivity index is 3.16. The van der Waals surface area contributed by atoms with E-state index in [4.69, 9.17) is 4.74 Å². The predicted molar refractivity (Wildman–Crippen MR) is 69.8 cm³/mol. The molecule has 0 aliphatic carbocycles. The number of benzene rings is 1. The van der Waals surface area contributed by atoms with Gasteiger partial charge in [0, 0.05) is 20.6 Å². The summed E-state index contributed by atoms with van der Waals surface area (Å²) in [6.45, 7) is 0.651. The van der Waals surface area contributed by atoms with Crippen molar-refractivity contribution in [3.8, 4) is 5.75 Å². The minimum Gasteiger partial charge on any atom is -0.495 e. The van der Waals surface area contributed by atoms with Crippen molar-refractivity contribution in [2.24, 2.45) is 0 Å². The van der Waals surface area contributed by atoms with E-state index in [0.717, 1.165) is 5.56 Å². The zero-order valence-electron chi connectivity index (χ0n) is 11.0. The Hall–Kier alpha value is -1.15. The van der Waals surface area contributed by atoms with Crippen molar-refractivity contribution in [3.05, 3.63) is 23.8 Å². The summed E-state index contributed by atoms with van der Waals surface area (Å²) in [7, 11) is 2.89. The van der Waals surface area contributed by atoms with Crippen LogP contribution >= 0.6 is 0 Å². The van der Waals surface area contributed by atoms with Crippen LogP contribution in [0.25, 0.3) is 0 Å². The van der Waals surface area contributed by atoms with Gasteiger partial charge in [0.05, 0.1) is 7.11 Å². The minimum atomic E-state index is -3.60. The Morgan fingerprint density at radius 1 is 1.33 bits per heavy atom. The van der Waals surface area contributed by atoms with Crippen molar-refractivity contribution in [1.29, 1.82) is 0 Å². The van der Waals surface area contributed by atoms with Gasteiger partial charge in [-0.2, -0.15) is 0 Å². The number of nitrogens with one attached hydrogen (secondary N) is 2. The summed E-state index contributed by atoms with van der Waals surface area (Å²) < 4.78 is 29.2. The highest BCUT2D eigenvalue weighted by Gasteiger charge is 2.20. The molecule has 102 valence electrons. The molecule has 0 heterocycles. The summed E-state index contributed by atoms with van der Waals surface area (Å²) in [6, 6.07) is 5.00. The van der Waals surface area contributed by atoms with Crippen LogP contribution in [0.4, 0.5) is 0 Å². The molecule has 0 atom stereocenters. The molecular formula is C11H19N3O3S. The maximum absolute atomic E-state index is 12.0. The second kappa shape index (κ2) is 6.14. The quantitative estimate of drug-likeness (QED) is 0.723. The topological polar surface area (TPSA) is 70.7 Å². The Bertz CT molecular complexity index is 500. The van der Waals surface area contributed by atoms with Gasteiger partial charge in [0.2, 0.25) is 0 Å².